The molecule has 4 nitrogen and oxygen atoms in total. The Bertz CT molecular complexity index is 849. The number of anilines is 2. The van der Waals surface area contributed by atoms with Crippen molar-refractivity contribution in [1.29, 1.82) is 0 Å². The topological polar surface area (TPSA) is 68.0 Å². The van der Waals surface area contributed by atoms with E-state index >= 15 is 0 Å². The number of thiophene rings is 1. The first-order valence-electron chi connectivity index (χ1n) is 5.94. The lowest BCUT2D eigenvalue weighted by atomic mass is 10.2. The molecule has 0 atom stereocenters. The Morgan fingerprint density at radius 2 is 2.19 bits per heavy atom. The second-order valence-corrected chi connectivity index (χ2v) is 6.67. The van der Waals surface area contributed by atoms with E-state index in [9.17, 15) is 4.79 Å². The van der Waals surface area contributed by atoms with Crippen LogP contribution in [0.1, 0.15) is 9.67 Å². The Balaban J connectivity index is 1.97. The number of carbonyl (C=O) groups is 1. The number of fused-ring (bicyclic) bond motifs is 1. The quantitative estimate of drug-likeness (QED) is 0.683. The van der Waals surface area contributed by atoms with Crippen LogP contribution >= 0.6 is 38.9 Å². The maximum absolute atomic E-state index is 12.4. The van der Waals surface area contributed by atoms with Gasteiger partial charge in [-0.3, -0.25) is 9.78 Å². The number of hydrogen-bond acceptors (Lipinski definition) is 4. The highest BCUT2D eigenvalue weighted by Gasteiger charge is 2.17. The highest BCUT2D eigenvalue weighted by Crippen LogP contribution is 2.34. The Hall–Kier alpha value is -1.63. The maximum atomic E-state index is 12.4. The van der Waals surface area contributed by atoms with Gasteiger partial charge in [0.15, 0.2) is 0 Å². The molecule has 0 saturated heterocycles. The molecule has 2 heterocycles. The van der Waals surface area contributed by atoms with Gasteiger partial charge in [0.2, 0.25) is 0 Å². The lowest BCUT2D eigenvalue weighted by Gasteiger charge is -2.07. The van der Waals surface area contributed by atoms with E-state index in [0.29, 0.717) is 21.3 Å². The number of nitrogens with one attached hydrogen (secondary N) is 1. The van der Waals surface area contributed by atoms with Crippen molar-refractivity contribution in [2.75, 3.05) is 11.1 Å². The van der Waals surface area contributed by atoms with E-state index in [-0.39, 0.29) is 5.91 Å². The Labute approximate surface area is 138 Å². The zero-order chi connectivity index (χ0) is 15.0. The van der Waals surface area contributed by atoms with Crippen LogP contribution in [-0.2, 0) is 0 Å². The second-order valence-electron chi connectivity index (χ2n) is 4.29. The molecule has 106 valence electrons. The Morgan fingerprint density at radius 1 is 1.38 bits per heavy atom. The summed E-state index contributed by atoms with van der Waals surface area (Å²) in [6.07, 6.45) is 3.34. The van der Waals surface area contributed by atoms with Crippen molar-refractivity contribution < 1.29 is 4.79 Å². The molecular weight excluding hydrogens is 374 g/mol. The predicted molar refractivity (Wildman–Crippen MR) is 91.1 cm³/mol. The van der Waals surface area contributed by atoms with E-state index in [4.69, 9.17) is 17.3 Å². The van der Waals surface area contributed by atoms with Gasteiger partial charge >= 0.3 is 0 Å². The summed E-state index contributed by atoms with van der Waals surface area (Å²) in [5, 5.41) is 4.08. The zero-order valence-electron chi connectivity index (χ0n) is 10.6. The van der Waals surface area contributed by atoms with Crippen LogP contribution in [0.25, 0.3) is 10.1 Å². The van der Waals surface area contributed by atoms with Crippen molar-refractivity contribution in [2.24, 2.45) is 0 Å². The number of pyridine rings is 1. The summed E-state index contributed by atoms with van der Waals surface area (Å²) in [6.45, 7) is 0. The number of rotatable bonds is 2. The van der Waals surface area contributed by atoms with E-state index in [1.54, 1.807) is 36.7 Å². The van der Waals surface area contributed by atoms with Gasteiger partial charge < -0.3 is 11.1 Å². The molecule has 1 amide bonds. The lowest BCUT2D eigenvalue weighted by Crippen LogP contribution is -2.12. The number of carbonyl (C=O) groups excluding carboxylic acids is 1. The minimum absolute atomic E-state index is 0.284. The number of nitrogens with two attached hydrogens (primary N) is 1. The molecule has 21 heavy (non-hydrogen) atoms. The number of benzene rings is 1. The van der Waals surface area contributed by atoms with E-state index in [1.807, 2.05) is 0 Å². The van der Waals surface area contributed by atoms with Gasteiger partial charge in [0.05, 0.1) is 21.1 Å². The van der Waals surface area contributed by atoms with Crippen molar-refractivity contribution in [1.82, 2.24) is 4.98 Å². The summed E-state index contributed by atoms with van der Waals surface area (Å²) >= 11 is 10.7. The predicted octanol–water partition coefficient (Wildman–Crippen LogP) is 4.55. The summed E-state index contributed by atoms with van der Waals surface area (Å²) in [5.74, 6) is -0.284. The number of nitrogen functional groups attached to an aromatic ring is 1. The molecule has 1 aromatic carbocycles. The standard InChI is InChI=1S/C14H9BrClN3OS/c15-7-1-2-9(16)10(5-7)19-14(20)13-12(17)8-3-4-18-6-11(8)21-13/h1-6H,17H2,(H,19,20). The van der Waals surface area contributed by atoms with Crippen molar-refractivity contribution in [3.8, 4) is 0 Å². The molecule has 7 heteroatoms. The molecule has 0 aliphatic rings. The summed E-state index contributed by atoms with van der Waals surface area (Å²) in [4.78, 5) is 16.9. The molecule has 0 unspecified atom stereocenters. The molecule has 3 rings (SSSR count). The molecule has 0 aliphatic carbocycles. The highest BCUT2D eigenvalue weighted by atomic mass is 79.9. The van der Waals surface area contributed by atoms with Crippen LogP contribution in [0.3, 0.4) is 0 Å². The smallest absolute Gasteiger partial charge is 0.267 e. The van der Waals surface area contributed by atoms with Crippen LogP contribution in [0, 0.1) is 0 Å². The van der Waals surface area contributed by atoms with Gasteiger partial charge in [0, 0.05) is 22.3 Å². The third-order valence-corrected chi connectivity index (χ3v) is 4.89. The first-order valence-corrected chi connectivity index (χ1v) is 7.93. The fourth-order valence-electron chi connectivity index (χ4n) is 1.91. The molecule has 0 radical (unpaired) electrons. The van der Waals surface area contributed by atoms with Gasteiger partial charge in [-0.05, 0) is 24.3 Å². The summed E-state index contributed by atoms with van der Waals surface area (Å²) < 4.78 is 1.70. The maximum Gasteiger partial charge on any atom is 0.267 e. The highest BCUT2D eigenvalue weighted by molar-refractivity contribution is 9.10. The van der Waals surface area contributed by atoms with Gasteiger partial charge in [0.25, 0.3) is 5.91 Å². The summed E-state index contributed by atoms with van der Waals surface area (Å²) in [7, 11) is 0. The first kappa shape index (κ1) is 14.3. The zero-order valence-corrected chi connectivity index (χ0v) is 13.7. The van der Waals surface area contributed by atoms with Crippen molar-refractivity contribution in [2.45, 2.75) is 0 Å². The summed E-state index contributed by atoms with van der Waals surface area (Å²) in [6, 6.07) is 7.05. The largest absolute Gasteiger partial charge is 0.397 e. The van der Waals surface area contributed by atoms with E-state index in [0.717, 1.165) is 14.6 Å². The van der Waals surface area contributed by atoms with E-state index in [2.05, 4.69) is 26.2 Å². The van der Waals surface area contributed by atoms with E-state index < -0.39 is 0 Å². The van der Waals surface area contributed by atoms with Gasteiger partial charge in [-0.2, -0.15) is 0 Å². The van der Waals surface area contributed by atoms with Crippen molar-refractivity contribution in [3.05, 3.63) is 51.0 Å². The average Bonchev–Trinajstić information content (AvgIpc) is 2.81. The minimum atomic E-state index is -0.284. The second kappa shape index (κ2) is 5.63. The van der Waals surface area contributed by atoms with Crippen LogP contribution in [0.4, 0.5) is 11.4 Å². The molecule has 0 saturated carbocycles. The average molecular weight is 383 g/mol. The third kappa shape index (κ3) is 2.74. The third-order valence-electron chi connectivity index (χ3n) is 2.91. The van der Waals surface area contributed by atoms with Gasteiger partial charge in [-0.15, -0.1) is 11.3 Å². The van der Waals surface area contributed by atoms with Crippen LogP contribution in [-0.4, -0.2) is 10.9 Å². The SMILES string of the molecule is Nc1c(C(=O)Nc2cc(Br)ccc2Cl)sc2cnccc12. The molecule has 2 aromatic heterocycles. The fourth-order valence-corrected chi connectivity index (χ4v) is 3.42. The van der Waals surface area contributed by atoms with Crippen molar-refractivity contribution in [3.63, 3.8) is 0 Å². The Kier molecular flexibility index (Phi) is 3.84. The van der Waals surface area contributed by atoms with Crippen LogP contribution in [0.5, 0.6) is 0 Å². The molecule has 0 bridgehead atoms. The number of halogens is 2. The number of aromatic nitrogens is 1. The molecule has 3 aromatic rings. The summed E-state index contributed by atoms with van der Waals surface area (Å²) in [5.41, 5.74) is 7.03. The lowest BCUT2D eigenvalue weighted by molar-refractivity contribution is 0.103. The van der Waals surface area contributed by atoms with E-state index in [1.165, 1.54) is 11.3 Å². The molecule has 0 spiro atoms. The fraction of sp³-hybridized carbons (Fsp3) is 0. The molecule has 0 aliphatic heterocycles. The Morgan fingerprint density at radius 3 is 2.95 bits per heavy atom. The monoisotopic (exact) mass is 381 g/mol. The van der Waals surface area contributed by atoms with Crippen molar-refractivity contribution >= 4 is 66.2 Å². The van der Waals surface area contributed by atoms with Gasteiger partial charge in [-0.1, -0.05) is 27.5 Å². The number of nitrogens with zero attached hydrogens (tertiary/aromatic N) is 1. The van der Waals surface area contributed by atoms with Crippen LogP contribution < -0.4 is 11.1 Å². The molecular formula is C14H9BrClN3OS. The van der Waals surface area contributed by atoms with Gasteiger partial charge in [-0.25, -0.2) is 0 Å². The van der Waals surface area contributed by atoms with Gasteiger partial charge in [0.1, 0.15) is 4.88 Å². The first-order chi connectivity index (χ1) is 10.1. The number of hydrogen-bond donors (Lipinski definition) is 2. The normalized spacial score (nSPS) is 10.8. The number of amides is 1. The van der Waals surface area contributed by atoms with Crippen LogP contribution in [0.15, 0.2) is 41.1 Å². The molecule has 3 N–H and O–H groups in total. The molecule has 0 fully saturated rings. The van der Waals surface area contributed by atoms with Crippen LogP contribution in [0.2, 0.25) is 5.02 Å². The minimum Gasteiger partial charge on any atom is -0.397 e.